The highest BCUT2D eigenvalue weighted by molar-refractivity contribution is 5.69. The molecular weight excluding hydrogens is 520 g/mol. The molecule has 5 rings (SSSR count). The molecule has 0 atom stereocenters. The largest absolute Gasteiger partial charge is 0.497 e. The van der Waals surface area contributed by atoms with E-state index in [9.17, 15) is 9.59 Å². The van der Waals surface area contributed by atoms with Gasteiger partial charge in [0.2, 0.25) is 0 Å². The Labute approximate surface area is 246 Å². The zero-order valence-electron chi connectivity index (χ0n) is 26.3. The van der Waals surface area contributed by atoms with Gasteiger partial charge in [-0.05, 0) is 84.9 Å². The summed E-state index contributed by atoms with van der Waals surface area (Å²) in [6.45, 7) is 17.8. The number of nitrogens with zero attached hydrogens (tertiary/aromatic N) is 3. The van der Waals surface area contributed by atoms with Gasteiger partial charge in [0.1, 0.15) is 17.0 Å². The zero-order chi connectivity index (χ0) is 29.8. The number of likely N-dealkylation sites (tertiary alicyclic amines) is 2. The van der Waals surface area contributed by atoms with E-state index >= 15 is 0 Å². The molecule has 0 spiro atoms. The molecule has 0 radical (unpaired) electrons. The van der Waals surface area contributed by atoms with Crippen molar-refractivity contribution in [2.24, 2.45) is 11.8 Å². The Morgan fingerprint density at radius 3 is 1.78 bits per heavy atom. The third kappa shape index (κ3) is 10.7. The molecule has 1 N–H and O–H groups in total. The summed E-state index contributed by atoms with van der Waals surface area (Å²) in [5.74, 6) is 2.06. The molecule has 230 valence electrons. The molecule has 1 aromatic rings. The van der Waals surface area contributed by atoms with Crippen molar-refractivity contribution in [3.05, 3.63) is 29.8 Å². The Balaban J connectivity index is 0.000000208. The third-order valence-corrected chi connectivity index (χ3v) is 7.59. The van der Waals surface area contributed by atoms with Gasteiger partial charge in [0.15, 0.2) is 0 Å². The molecule has 2 saturated carbocycles. The maximum atomic E-state index is 12.0. The highest BCUT2D eigenvalue weighted by Gasteiger charge is 2.38. The number of amides is 2. The van der Waals surface area contributed by atoms with E-state index in [1.807, 2.05) is 58.6 Å². The van der Waals surface area contributed by atoms with Gasteiger partial charge in [-0.15, -0.1) is 0 Å². The molecule has 41 heavy (non-hydrogen) atoms. The van der Waals surface area contributed by atoms with Crippen LogP contribution in [0.4, 0.5) is 9.59 Å². The number of methoxy groups -OCH3 is 1. The third-order valence-electron chi connectivity index (χ3n) is 7.59. The fourth-order valence-corrected chi connectivity index (χ4v) is 5.04. The highest BCUT2D eigenvalue weighted by Crippen LogP contribution is 2.31. The molecule has 2 aliphatic carbocycles. The summed E-state index contributed by atoms with van der Waals surface area (Å²) in [4.78, 5) is 29.8. The molecule has 9 nitrogen and oxygen atoms in total. The monoisotopic (exact) mass is 572 g/mol. The molecule has 2 saturated heterocycles. The first-order valence-corrected chi connectivity index (χ1v) is 15.3. The van der Waals surface area contributed by atoms with Gasteiger partial charge in [-0.25, -0.2) is 9.59 Å². The van der Waals surface area contributed by atoms with E-state index < -0.39 is 5.60 Å². The van der Waals surface area contributed by atoms with Gasteiger partial charge in [-0.2, -0.15) is 0 Å². The molecule has 2 aliphatic heterocycles. The summed E-state index contributed by atoms with van der Waals surface area (Å²) >= 11 is 0. The Hall–Kier alpha value is -2.52. The van der Waals surface area contributed by atoms with Gasteiger partial charge >= 0.3 is 12.2 Å². The number of ether oxygens (including phenoxy) is 3. The van der Waals surface area contributed by atoms with Crippen LogP contribution in [0.5, 0.6) is 5.75 Å². The van der Waals surface area contributed by atoms with Crippen LogP contribution in [0.15, 0.2) is 24.3 Å². The Kier molecular flexibility index (Phi) is 10.1. The van der Waals surface area contributed by atoms with E-state index in [-0.39, 0.29) is 17.8 Å². The summed E-state index contributed by atoms with van der Waals surface area (Å²) in [6, 6.07) is 9.79. The zero-order valence-corrected chi connectivity index (χ0v) is 26.3. The first-order chi connectivity index (χ1) is 19.3. The molecule has 1 aromatic carbocycles. The average Bonchev–Trinajstić information content (AvgIpc) is 3.72. The van der Waals surface area contributed by atoms with Gasteiger partial charge in [-0.1, -0.05) is 12.1 Å². The molecule has 9 heteroatoms. The van der Waals surface area contributed by atoms with Crippen molar-refractivity contribution in [1.29, 1.82) is 0 Å². The van der Waals surface area contributed by atoms with Crippen molar-refractivity contribution in [1.82, 2.24) is 20.0 Å². The van der Waals surface area contributed by atoms with Crippen LogP contribution in [0.2, 0.25) is 0 Å². The van der Waals surface area contributed by atoms with Gasteiger partial charge in [0, 0.05) is 69.7 Å². The number of carbonyl (C=O) groups is 2. The topological polar surface area (TPSA) is 83.6 Å². The second kappa shape index (κ2) is 13.2. The minimum atomic E-state index is -0.420. The Bertz CT molecular complexity index is 998. The number of benzene rings is 1. The second-order valence-corrected chi connectivity index (χ2v) is 14.2. The van der Waals surface area contributed by atoms with Crippen LogP contribution in [0.1, 0.15) is 72.8 Å². The van der Waals surface area contributed by atoms with Crippen molar-refractivity contribution in [2.75, 3.05) is 46.4 Å². The fraction of sp³-hybridized carbons (Fsp3) is 0.750. The highest BCUT2D eigenvalue weighted by atomic mass is 16.6. The summed E-state index contributed by atoms with van der Waals surface area (Å²) in [5.41, 5.74) is 0.515. The molecule has 2 heterocycles. The second-order valence-electron chi connectivity index (χ2n) is 14.2. The van der Waals surface area contributed by atoms with Crippen LogP contribution in [0.25, 0.3) is 0 Å². The summed E-state index contributed by atoms with van der Waals surface area (Å²) < 4.78 is 16.0. The molecule has 4 fully saturated rings. The standard InChI is InChI=1S/C20H30N2O3.C12H22N2O2/c1-20(2,3)25-19(23)22-13-16(14-22)12-21(17-7-8-17)11-15-5-9-18(24-4)10-6-15;1-12(2,3)16-11(15)14-7-9(8-14)6-13-10-4-5-10/h5-6,9-10,16-17H,7-8,11-14H2,1-4H3;9-10,13H,4-8H2,1-3H3. The quantitative estimate of drug-likeness (QED) is 0.439. The first kappa shape index (κ1) is 31.4. The minimum absolute atomic E-state index is 0.171. The van der Waals surface area contributed by atoms with E-state index in [0.717, 1.165) is 57.6 Å². The lowest BCUT2D eigenvalue weighted by atomic mass is 9.99. The predicted molar refractivity (Wildman–Crippen MR) is 160 cm³/mol. The molecule has 0 aromatic heterocycles. The maximum Gasteiger partial charge on any atom is 0.410 e. The molecular formula is C32H52N4O5. The van der Waals surface area contributed by atoms with E-state index in [1.165, 1.54) is 31.2 Å². The maximum absolute atomic E-state index is 12.0. The SMILES string of the molecule is CC(C)(C)OC(=O)N1CC(CNC2CC2)C1.COc1ccc(CN(CC2CN(C(=O)OC(C)(C)C)C2)C2CC2)cc1. The molecule has 4 aliphatic rings. The van der Waals surface area contributed by atoms with Crippen molar-refractivity contribution in [3.8, 4) is 5.75 Å². The average molecular weight is 573 g/mol. The first-order valence-electron chi connectivity index (χ1n) is 15.3. The lowest BCUT2D eigenvalue weighted by Crippen LogP contribution is -2.55. The predicted octanol–water partition coefficient (Wildman–Crippen LogP) is 5.13. The minimum Gasteiger partial charge on any atom is -0.497 e. The van der Waals surface area contributed by atoms with E-state index in [0.29, 0.717) is 17.9 Å². The van der Waals surface area contributed by atoms with E-state index in [1.54, 1.807) is 12.0 Å². The van der Waals surface area contributed by atoms with E-state index in [4.69, 9.17) is 14.2 Å². The summed E-state index contributed by atoms with van der Waals surface area (Å²) in [5, 5.41) is 3.49. The van der Waals surface area contributed by atoms with Crippen molar-refractivity contribution < 1.29 is 23.8 Å². The van der Waals surface area contributed by atoms with Gasteiger partial charge in [-0.3, -0.25) is 4.90 Å². The fourth-order valence-electron chi connectivity index (χ4n) is 5.04. The summed E-state index contributed by atoms with van der Waals surface area (Å²) in [6.07, 6.45) is 4.87. The lowest BCUT2D eigenvalue weighted by molar-refractivity contribution is -0.00737. The number of hydrogen-bond donors (Lipinski definition) is 1. The lowest BCUT2D eigenvalue weighted by Gasteiger charge is -2.42. The number of carbonyl (C=O) groups excluding carboxylic acids is 2. The number of hydrogen-bond acceptors (Lipinski definition) is 7. The van der Waals surface area contributed by atoms with Crippen molar-refractivity contribution in [3.63, 3.8) is 0 Å². The molecule has 0 bridgehead atoms. The number of nitrogens with one attached hydrogen (secondary N) is 1. The van der Waals surface area contributed by atoms with Crippen LogP contribution in [0, 0.1) is 11.8 Å². The molecule has 0 unspecified atom stereocenters. The van der Waals surface area contributed by atoms with Crippen LogP contribution < -0.4 is 10.1 Å². The van der Waals surface area contributed by atoms with Crippen molar-refractivity contribution >= 4 is 12.2 Å². The summed E-state index contributed by atoms with van der Waals surface area (Å²) in [7, 11) is 1.69. The van der Waals surface area contributed by atoms with E-state index in [2.05, 4.69) is 22.3 Å². The van der Waals surface area contributed by atoms with Crippen LogP contribution >= 0.6 is 0 Å². The normalized spacial score (nSPS) is 19.6. The van der Waals surface area contributed by atoms with Gasteiger partial charge in [0.05, 0.1) is 7.11 Å². The van der Waals surface area contributed by atoms with Crippen molar-refractivity contribution in [2.45, 2.75) is 97.1 Å². The molecule has 2 amide bonds. The Morgan fingerprint density at radius 1 is 0.829 bits per heavy atom. The smallest absolute Gasteiger partial charge is 0.410 e. The van der Waals surface area contributed by atoms with Crippen LogP contribution in [0.3, 0.4) is 0 Å². The number of rotatable bonds is 9. The Morgan fingerprint density at radius 2 is 1.34 bits per heavy atom. The van der Waals surface area contributed by atoms with Crippen LogP contribution in [-0.2, 0) is 16.0 Å². The van der Waals surface area contributed by atoms with Crippen LogP contribution in [-0.4, -0.2) is 96.6 Å². The van der Waals surface area contributed by atoms with Gasteiger partial charge in [0.25, 0.3) is 0 Å². The van der Waals surface area contributed by atoms with Gasteiger partial charge < -0.3 is 29.3 Å².